The van der Waals surface area contributed by atoms with Gasteiger partial charge in [0, 0.05) is 38.3 Å². The van der Waals surface area contributed by atoms with Gasteiger partial charge in [0.2, 0.25) is 0 Å². The molecule has 4 nitrogen and oxygen atoms in total. The van der Waals surface area contributed by atoms with Crippen LogP contribution in [0, 0.1) is 5.92 Å². The number of nitrogens with one attached hydrogen (secondary N) is 2. The van der Waals surface area contributed by atoms with Gasteiger partial charge in [-0.2, -0.15) is 13.2 Å². The van der Waals surface area contributed by atoms with Crippen molar-refractivity contribution in [2.75, 3.05) is 20.1 Å². The molecule has 0 heterocycles. The van der Waals surface area contributed by atoms with Gasteiger partial charge in [0.25, 0.3) is 0 Å². The minimum atomic E-state index is -4.09. The third-order valence-corrected chi connectivity index (χ3v) is 4.91. The lowest BCUT2D eigenvalue weighted by atomic mass is 9.85. The van der Waals surface area contributed by atoms with E-state index >= 15 is 0 Å². The van der Waals surface area contributed by atoms with E-state index in [9.17, 15) is 13.2 Å². The minimum Gasteiger partial charge on any atom is -0.356 e. The van der Waals surface area contributed by atoms with E-state index in [1.165, 1.54) is 0 Å². The molecule has 1 saturated carbocycles. The first-order chi connectivity index (χ1) is 11.6. The molecule has 1 aliphatic rings. The fourth-order valence-corrected chi connectivity index (χ4v) is 3.59. The Kier molecular flexibility index (Phi) is 9.03. The molecule has 1 rings (SSSR count). The summed E-state index contributed by atoms with van der Waals surface area (Å²) in [4.78, 5) is 6.58. The molecule has 0 aromatic heterocycles. The summed E-state index contributed by atoms with van der Waals surface area (Å²) >= 11 is 0. The standard InChI is InChI=1S/C18H35F3N4/c1-13(2)25(14(3)4)11-7-10-23-17(22-5)24-16-9-6-8-15(12-16)18(19,20)21/h13-16H,6-12H2,1-5H3,(H2,22,23,24). The van der Waals surface area contributed by atoms with Crippen molar-refractivity contribution in [1.82, 2.24) is 15.5 Å². The largest absolute Gasteiger partial charge is 0.391 e. The highest BCUT2D eigenvalue weighted by Gasteiger charge is 2.42. The number of halogens is 3. The molecule has 0 amide bonds. The van der Waals surface area contributed by atoms with E-state index in [0.29, 0.717) is 24.5 Å². The summed E-state index contributed by atoms with van der Waals surface area (Å²) in [7, 11) is 1.66. The zero-order valence-electron chi connectivity index (χ0n) is 16.3. The zero-order chi connectivity index (χ0) is 19.0. The minimum absolute atomic E-state index is 0.138. The number of aliphatic imine (C=N–C) groups is 1. The predicted molar refractivity (Wildman–Crippen MR) is 97.9 cm³/mol. The molecule has 1 aliphatic carbocycles. The first-order valence-corrected chi connectivity index (χ1v) is 9.44. The molecule has 2 N–H and O–H groups in total. The van der Waals surface area contributed by atoms with Crippen molar-refractivity contribution in [3.63, 3.8) is 0 Å². The van der Waals surface area contributed by atoms with Crippen LogP contribution in [-0.2, 0) is 0 Å². The highest BCUT2D eigenvalue weighted by Crippen LogP contribution is 2.37. The van der Waals surface area contributed by atoms with Crippen LogP contribution in [0.15, 0.2) is 4.99 Å². The fraction of sp³-hybridized carbons (Fsp3) is 0.944. The quantitative estimate of drug-likeness (QED) is 0.410. The SMILES string of the molecule is CN=C(NCCCN(C(C)C)C(C)C)NC1CCCC(C(F)(F)F)C1. The van der Waals surface area contributed by atoms with E-state index in [1.807, 2.05) is 0 Å². The molecule has 2 unspecified atom stereocenters. The Labute approximate surface area is 150 Å². The van der Waals surface area contributed by atoms with Crippen LogP contribution >= 0.6 is 0 Å². The topological polar surface area (TPSA) is 39.7 Å². The lowest BCUT2D eigenvalue weighted by Crippen LogP contribution is -2.47. The van der Waals surface area contributed by atoms with Gasteiger partial charge in [-0.3, -0.25) is 9.89 Å². The number of nitrogens with zero attached hydrogens (tertiary/aromatic N) is 2. The molecule has 148 valence electrons. The molecule has 7 heteroatoms. The molecule has 0 radical (unpaired) electrons. The summed E-state index contributed by atoms with van der Waals surface area (Å²) < 4.78 is 38.7. The molecule has 0 aromatic rings. The average Bonchev–Trinajstić information content (AvgIpc) is 2.52. The second-order valence-corrected chi connectivity index (χ2v) is 7.52. The summed E-state index contributed by atoms with van der Waals surface area (Å²) in [6.45, 7) is 10.5. The first-order valence-electron chi connectivity index (χ1n) is 9.44. The summed E-state index contributed by atoms with van der Waals surface area (Å²) in [6.07, 6.45) is -1.37. The van der Waals surface area contributed by atoms with Gasteiger partial charge in [-0.05, 0) is 53.4 Å². The van der Waals surface area contributed by atoms with Gasteiger partial charge >= 0.3 is 6.18 Å². The van der Waals surface area contributed by atoms with Gasteiger partial charge in [-0.25, -0.2) is 0 Å². The average molecular weight is 365 g/mol. The Morgan fingerprint density at radius 3 is 2.32 bits per heavy atom. The molecular formula is C18H35F3N4. The molecule has 0 saturated heterocycles. The predicted octanol–water partition coefficient (Wildman–Crippen LogP) is 3.78. The second-order valence-electron chi connectivity index (χ2n) is 7.52. The van der Waals surface area contributed by atoms with Crippen LogP contribution < -0.4 is 10.6 Å². The number of alkyl halides is 3. The van der Waals surface area contributed by atoms with Crippen molar-refractivity contribution >= 4 is 5.96 Å². The van der Waals surface area contributed by atoms with Gasteiger partial charge in [-0.15, -0.1) is 0 Å². The van der Waals surface area contributed by atoms with Crippen molar-refractivity contribution in [2.24, 2.45) is 10.9 Å². The molecule has 25 heavy (non-hydrogen) atoms. The highest BCUT2D eigenvalue weighted by molar-refractivity contribution is 5.79. The van der Waals surface area contributed by atoms with Crippen LogP contribution in [0.4, 0.5) is 13.2 Å². The molecule has 0 aliphatic heterocycles. The number of guanidine groups is 1. The van der Waals surface area contributed by atoms with Crippen LogP contribution in [0.2, 0.25) is 0 Å². The molecule has 0 bridgehead atoms. The van der Waals surface area contributed by atoms with Crippen LogP contribution in [-0.4, -0.2) is 55.3 Å². The van der Waals surface area contributed by atoms with Gasteiger partial charge < -0.3 is 10.6 Å². The van der Waals surface area contributed by atoms with E-state index < -0.39 is 12.1 Å². The van der Waals surface area contributed by atoms with Crippen LogP contribution in [0.5, 0.6) is 0 Å². The molecular weight excluding hydrogens is 329 g/mol. The fourth-order valence-electron chi connectivity index (χ4n) is 3.59. The Balaban J connectivity index is 2.37. The van der Waals surface area contributed by atoms with Crippen molar-refractivity contribution in [2.45, 2.75) is 84.1 Å². The summed E-state index contributed by atoms with van der Waals surface area (Å²) in [5.74, 6) is -0.587. The highest BCUT2D eigenvalue weighted by atomic mass is 19.4. The maximum absolute atomic E-state index is 12.9. The third-order valence-electron chi connectivity index (χ3n) is 4.91. The lowest BCUT2D eigenvalue weighted by molar-refractivity contribution is -0.183. The summed E-state index contributed by atoms with van der Waals surface area (Å²) in [5.41, 5.74) is 0. The van der Waals surface area contributed by atoms with Crippen molar-refractivity contribution in [1.29, 1.82) is 0 Å². The van der Waals surface area contributed by atoms with Gasteiger partial charge in [0.1, 0.15) is 0 Å². The second kappa shape index (κ2) is 10.2. The maximum Gasteiger partial charge on any atom is 0.391 e. The van der Waals surface area contributed by atoms with Gasteiger partial charge in [0.15, 0.2) is 5.96 Å². The number of rotatable bonds is 7. The van der Waals surface area contributed by atoms with E-state index in [0.717, 1.165) is 25.9 Å². The number of hydrogen-bond acceptors (Lipinski definition) is 2. The lowest BCUT2D eigenvalue weighted by Gasteiger charge is -2.32. The molecule has 2 atom stereocenters. The molecule has 0 spiro atoms. The first kappa shape index (κ1) is 22.1. The zero-order valence-corrected chi connectivity index (χ0v) is 16.3. The molecule has 0 aromatic carbocycles. The maximum atomic E-state index is 12.9. The van der Waals surface area contributed by atoms with Crippen molar-refractivity contribution < 1.29 is 13.2 Å². The molecule has 1 fully saturated rings. The van der Waals surface area contributed by atoms with Crippen LogP contribution in [0.1, 0.15) is 59.8 Å². The summed E-state index contributed by atoms with van der Waals surface area (Å²) in [5, 5.41) is 6.40. The van der Waals surface area contributed by atoms with Crippen molar-refractivity contribution in [3.05, 3.63) is 0 Å². The monoisotopic (exact) mass is 364 g/mol. The van der Waals surface area contributed by atoms with Gasteiger partial charge in [0.05, 0.1) is 5.92 Å². The Hall–Kier alpha value is -0.980. The van der Waals surface area contributed by atoms with E-state index in [1.54, 1.807) is 7.05 Å². The number of hydrogen-bond donors (Lipinski definition) is 2. The van der Waals surface area contributed by atoms with E-state index in [2.05, 4.69) is 48.2 Å². The van der Waals surface area contributed by atoms with Crippen LogP contribution in [0.3, 0.4) is 0 Å². The van der Waals surface area contributed by atoms with E-state index in [-0.39, 0.29) is 18.9 Å². The smallest absolute Gasteiger partial charge is 0.356 e. The Bertz CT molecular complexity index is 400. The Morgan fingerprint density at radius 1 is 1.16 bits per heavy atom. The normalized spacial score (nSPS) is 22.8. The Morgan fingerprint density at radius 2 is 1.80 bits per heavy atom. The van der Waals surface area contributed by atoms with Crippen molar-refractivity contribution in [3.8, 4) is 0 Å². The third kappa shape index (κ3) is 7.84. The van der Waals surface area contributed by atoms with Gasteiger partial charge in [-0.1, -0.05) is 6.42 Å². The summed E-state index contributed by atoms with van der Waals surface area (Å²) in [6, 6.07) is 0.840. The van der Waals surface area contributed by atoms with Crippen LogP contribution in [0.25, 0.3) is 0 Å². The van der Waals surface area contributed by atoms with E-state index in [4.69, 9.17) is 0 Å².